The average Bonchev–Trinajstić information content (AvgIpc) is 3.27. The molecule has 1 aliphatic heterocycles. The number of hydrogen-bond donors (Lipinski definition) is 0. The van der Waals surface area contributed by atoms with Gasteiger partial charge in [-0.3, -0.25) is 4.90 Å². The van der Waals surface area contributed by atoms with E-state index >= 15 is 0 Å². The quantitative estimate of drug-likeness (QED) is 0.724. The third-order valence-corrected chi connectivity index (χ3v) is 5.32. The van der Waals surface area contributed by atoms with Crippen molar-refractivity contribution in [3.63, 3.8) is 0 Å². The van der Waals surface area contributed by atoms with Crippen molar-refractivity contribution in [3.8, 4) is 0 Å². The predicted octanol–water partition coefficient (Wildman–Crippen LogP) is 2.51. The van der Waals surface area contributed by atoms with Gasteiger partial charge in [0.15, 0.2) is 0 Å². The van der Waals surface area contributed by atoms with Crippen LogP contribution in [0.4, 0.5) is 0 Å². The Bertz CT molecular complexity index is 704. The summed E-state index contributed by atoms with van der Waals surface area (Å²) >= 11 is 1.84. The minimum Gasteiger partial charge on any atom is -0.294 e. The van der Waals surface area contributed by atoms with E-state index in [1.54, 1.807) is 11.0 Å². The van der Waals surface area contributed by atoms with Crippen LogP contribution in [0.1, 0.15) is 30.3 Å². The van der Waals surface area contributed by atoms with Crippen molar-refractivity contribution in [2.45, 2.75) is 31.8 Å². The van der Waals surface area contributed by atoms with Crippen LogP contribution < -0.4 is 0 Å². The molecule has 7 heteroatoms. The van der Waals surface area contributed by atoms with Crippen molar-refractivity contribution in [2.75, 3.05) is 13.1 Å². The fourth-order valence-corrected chi connectivity index (χ4v) is 4.26. The minimum absolute atomic E-state index is 0.478. The van der Waals surface area contributed by atoms with Crippen LogP contribution in [0.3, 0.4) is 0 Å². The van der Waals surface area contributed by atoms with Crippen LogP contribution in [-0.4, -0.2) is 43.2 Å². The van der Waals surface area contributed by atoms with Crippen LogP contribution in [0.25, 0.3) is 10.2 Å². The van der Waals surface area contributed by atoms with E-state index in [0.29, 0.717) is 6.04 Å². The Hall–Kier alpha value is -1.86. The second-order valence-electron chi connectivity index (χ2n) is 5.64. The third kappa shape index (κ3) is 2.74. The normalized spacial score (nSPS) is 19.2. The highest BCUT2D eigenvalue weighted by Crippen LogP contribution is 2.36. The number of likely N-dealkylation sites (tertiary alicyclic amines) is 1. The lowest BCUT2D eigenvalue weighted by Gasteiger charge is -2.22. The van der Waals surface area contributed by atoms with Gasteiger partial charge in [-0.25, -0.2) is 9.67 Å². The molecule has 1 aliphatic rings. The zero-order chi connectivity index (χ0) is 14.8. The Morgan fingerprint density at radius 1 is 1.23 bits per heavy atom. The molecule has 22 heavy (non-hydrogen) atoms. The number of rotatable bonds is 5. The second-order valence-corrected chi connectivity index (χ2v) is 6.70. The first kappa shape index (κ1) is 13.8. The summed E-state index contributed by atoms with van der Waals surface area (Å²) in [5.74, 6) is 0. The Morgan fingerprint density at radius 3 is 3.05 bits per heavy atom. The topological polar surface area (TPSA) is 59.7 Å². The molecule has 6 nitrogen and oxygen atoms in total. The molecule has 0 aliphatic carbocycles. The number of nitrogens with zero attached hydrogens (tertiary/aromatic N) is 6. The van der Waals surface area contributed by atoms with Crippen LogP contribution in [0.15, 0.2) is 30.6 Å². The molecule has 3 aromatic rings. The van der Waals surface area contributed by atoms with Crippen molar-refractivity contribution in [2.24, 2.45) is 0 Å². The van der Waals surface area contributed by atoms with Gasteiger partial charge in [-0.05, 0) is 48.4 Å². The Labute approximate surface area is 132 Å². The van der Waals surface area contributed by atoms with Gasteiger partial charge in [0.2, 0.25) is 0 Å². The molecule has 1 aromatic carbocycles. The highest BCUT2D eigenvalue weighted by Gasteiger charge is 2.28. The molecular weight excluding hydrogens is 296 g/mol. The molecule has 0 N–H and O–H groups in total. The van der Waals surface area contributed by atoms with Gasteiger partial charge in [0.05, 0.1) is 16.3 Å². The number of para-hydroxylation sites is 1. The van der Waals surface area contributed by atoms with E-state index in [4.69, 9.17) is 4.98 Å². The standard InChI is InChI=1S/C15H18N6S/c1-2-7-14-12(5-1)17-15(22-14)13-6-3-8-20(13)9-4-10-21-11-16-18-19-21/h1-2,5,7,11,13H,3-4,6,8-10H2/t13-/m0/s1. The van der Waals surface area contributed by atoms with Gasteiger partial charge < -0.3 is 0 Å². The van der Waals surface area contributed by atoms with Gasteiger partial charge in [0.25, 0.3) is 0 Å². The van der Waals surface area contributed by atoms with Crippen molar-refractivity contribution < 1.29 is 0 Å². The number of thiazole rings is 1. The van der Waals surface area contributed by atoms with Crippen LogP contribution in [-0.2, 0) is 6.54 Å². The first-order valence-corrected chi connectivity index (χ1v) is 8.52. The van der Waals surface area contributed by atoms with Crippen molar-refractivity contribution in [3.05, 3.63) is 35.6 Å². The van der Waals surface area contributed by atoms with E-state index in [1.165, 1.54) is 22.5 Å². The van der Waals surface area contributed by atoms with E-state index in [2.05, 4.69) is 44.7 Å². The fourth-order valence-electron chi connectivity index (χ4n) is 3.12. The molecule has 0 saturated carbocycles. The molecule has 0 bridgehead atoms. The van der Waals surface area contributed by atoms with Gasteiger partial charge in [-0.15, -0.1) is 16.4 Å². The molecule has 114 valence electrons. The summed E-state index contributed by atoms with van der Waals surface area (Å²) in [6.45, 7) is 3.10. The summed E-state index contributed by atoms with van der Waals surface area (Å²) in [6, 6.07) is 8.89. The molecule has 4 rings (SSSR count). The summed E-state index contributed by atoms with van der Waals surface area (Å²) in [5.41, 5.74) is 1.13. The molecule has 1 atom stereocenters. The number of hydrogen-bond acceptors (Lipinski definition) is 6. The minimum atomic E-state index is 0.478. The lowest BCUT2D eigenvalue weighted by molar-refractivity contribution is 0.247. The van der Waals surface area contributed by atoms with Crippen LogP contribution >= 0.6 is 11.3 Å². The van der Waals surface area contributed by atoms with E-state index in [9.17, 15) is 0 Å². The van der Waals surface area contributed by atoms with Crippen molar-refractivity contribution in [1.82, 2.24) is 30.1 Å². The summed E-state index contributed by atoms with van der Waals surface area (Å²) in [4.78, 5) is 7.40. The first-order valence-electron chi connectivity index (χ1n) is 7.70. The molecule has 0 spiro atoms. The van der Waals surface area contributed by atoms with Gasteiger partial charge >= 0.3 is 0 Å². The van der Waals surface area contributed by atoms with E-state index in [1.807, 2.05) is 11.3 Å². The zero-order valence-electron chi connectivity index (χ0n) is 12.3. The van der Waals surface area contributed by atoms with E-state index in [-0.39, 0.29) is 0 Å². The number of aryl methyl sites for hydroxylation is 1. The van der Waals surface area contributed by atoms with E-state index < -0.39 is 0 Å². The fraction of sp³-hybridized carbons (Fsp3) is 0.467. The number of benzene rings is 1. The molecular formula is C15H18N6S. The molecule has 1 saturated heterocycles. The molecule has 0 amide bonds. The molecule has 3 heterocycles. The smallest absolute Gasteiger partial charge is 0.138 e. The number of fused-ring (bicyclic) bond motifs is 1. The van der Waals surface area contributed by atoms with Crippen molar-refractivity contribution in [1.29, 1.82) is 0 Å². The number of aromatic nitrogens is 5. The third-order valence-electron chi connectivity index (χ3n) is 4.18. The van der Waals surface area contributed by atoms with E-state index in [0.717, 1.165) is 31.6 Å². The molecule has 0 radical (unpaired) electrons. The summed E-state index contributed by atoms with van der Waals surface area (Å²) in [6.07, 6.45) is 5.21. The van der Waals surface area contributed by atoms with Gasteiger partial charge in [-0.2, -0.15) is 0 Å². The van der Waals surface area contributed by atoms with Gasteiger partial charge in [0.1, 0.15) is 11.3 Å². The first-order chi connectivity index (χ1) is 10.9. The average molecular weight is 314 g/mol. The zero-order valence-corrected chi connectivity index (χ0v) is 13.1. The Balaban J connectivity index is 1.44. The van der Waals surface area contributed by atoms with Gasteiger partial charge in [-0.1, -0.05) is 12.1 Å². The van der Waals surface area contributed by atoms with Crippen LogP contribution in [0.5, 0.6) is 0 Å². The monoisotopic (exact) mass is 314 g/mol. The summed E-state index contributed by atoms with van der Waals surface area (Å²) in [7, 11) is 0. The van der Waals surface area contributed by atoms with Crippen LogP contribution in [0.2, 0.25) is 0 Å². The van der Waals surface area contributed by atoms with Crippen molar-refractivity contribution >= 4 is 21.6 Å². The molecule has 2 aromatic heterocycles. The highest BCUT2D eigenvalue weighted by molar-refractivity contribution is 7.18. The lowest BCUT2D eigenvalue weighted by atomic mass is 10.2. The molecule has 1 fully saturated rings. The Morgan fingerprint density at radius 2 is 2.18 bits per heavy atom. The largest absolute Gasteiger partial charge is 0.294 e. The van der Waals surface area contributed by atoms with Gasteiger partial charge in [0, 0.05) is 13.1 Å². The SMILES string of the molecule is c1ccc2sc([C@@H]3CCCN3CCCn3cnnn3)nc2c1. The van der Waals surface area contributed by atoms with Crippen LogP contribution in [0, 0.1) is 0 Å². The summed E-state index contributed by atoms with van der Waals surface area (Å²) < 4.78 is 3.08. The maximum absolute atomic E-state index is 4.84. The maximum Gasteiger partial charge on any atom is 0.138 e. The second kappa shape index (κ2) is 6.10. The highest BCUT2D eigenvalue weighted by atomic mass is 32.1. The maximum atomic E-state index is 4.84. The molecule has 0 unspecified atom stereocenters. The summed E-state index contributed by atoms with van der Waals surface area (Å²) in [5, 5.41) is 12.5. The number of tetrazole rings is 1. The predicted molar refractivity (Wildman–Crippen MR) is 85.6 cm³/mol. The lowest BCUT2D eigenvalue weighted by Crippen LogP contribution is -2.25. The Kier molecular flexibility index (Phi) is 3.82.